The second kappa shape index (κ2) is 15.3. The van der Waals surface area contributed by atoms with Gasteiger partial charge < -0.3 is 30.0 Å². The molecule has 7 nitrogen and oxygen atoms in total. The minimum absolute atomic E-state index is 0.111. The van der Waals surface area contributed by atoms with Crippen LogP contribution in [0.25, 0.3) is 0 Å². The molecule has 0 aromatic heterocycles. The van der Waals surface area contributed by atoms with E-state index in [0.29, 0.717) is 6.42 Å². The van der Waals surface area contributed by atoms with E-state index in [1.807, 2.05) is 0 Å². The Morgan fingerprint density at radius 1 is 0.960 bits per heavy atom. The first-order valence-corrected chi connectivity index (χ1v) is 9.27. The number of unbranched alkanes of at least 4 members (excludes halogenated alkanes) is 8. The summed E-state index contributed by atoms with van der Waals surface area (Å²) in [4.78, 5) is 22.5. The Balaban J connectivity index is 4.01. The van der Waals surface area contributed by atoms with Gasteiger partial charge in [0.25, 0.3) is 0 Å². The number of aliphatic hydroxyl groups is 4. The van der Waals surface area contributed by atoms with Gasteiger partial charge >= 0.3 is 5.97 Å². The molecule has 0 radical (unpaired) electrons. The van der Waals surface area contributed by atoms with Crippen molar-refractivity contribution in [2.75, 3.05) is 6.61 Å². The van der Waals surface area contributed by atoms with Crippen molar-refractivity contribution in [2.24, 2.45) is 0 Å². The average molecular weight is 362 g/mol. The molecule has 0 unspecified atom stereocenters. The third-order valence-corrected chi connectivity index (χ3v) is 4.15. The van der Waals surface area contributed by atoms with E-state index in [0.717, 1.165) is 19.3 Å². The molecule has 0 aliphatic heterocycles. The van der Waals surface area contributed by atoms with Crippen LogP contribution in [0.1, 0.15) is 71.1 Å². The Bertz CT molecular complexity index is 348. The van der Waals surface area contributed by atoms with E-state index in [4.69, 9.17) is 9.84 Å². The number of rotatable bonds is 16. The van der Waals surface area contributed by atoms with Crippen molar-refractivity contribution in [1.29, 1.82) is 0 Å². The van der Waals surface area contributed by atoms with E-state index in [-0.39, 0.29) is 12.7 Å². The van der Waals surface area contributed by atoms with Crippen LogP contribution in [0.3, 0.4) is 0 Å². The highest BCUT2D eigenvalue weighted by Gasteiger charge is 2.34. The van der Waals surface area contributed by atoms with Crippen molar-refractivity contribution in [2.45, 2.75) is 95.5 Å². The Labute approximate surface area is 150 Å². The van der Waals surface area contributed by atoms with E-state index in [1.165, 1.54) is 32.1 Å². The van der Waals surface area contributed by atoms with E-state index in [1.54, 1.807) is 0 Å². The molecule has 0 spiro atoms. The van der Waals surface area contributed by atoms with Crippen LogP contribution >= 0.6 is 0 Å². The fourth-order valence-electron chi connectivity index (χ4n) is 2.54. The van der Waals surface area contributed by atoms with Crippen LogP contribution in [-0.4, -0.2) is 63.7 Å². The molecule has 0 bridgehead atoms. The van der Waals surface area contributed by atoms with Crippen molar-refractivity contribution < 1.29 is 34.8 Å². The number of ether oxygens (including phenoxy) is 1. The number of aldehydes is 1. The van der Waals surface area contributed by atoms with Gasteiger partial charge in [0.05, 0.1) is 6.61 Å². The number of carbonyl (C=O) groups is 2. The lowest BCUT2D eigenvalue weighted by molar-refractivity contribution is -0.174. The number of esters is 1. The highest BCUT2D eigenvalue weighted by molar-refractivity contribution is 5.70. The van der Waals surface area contributed by atoms with Crippen LogP contribution in [-0.2, 0) is 14.3 Å². The lowest BCUT2D eigenvalue weighted by Gasteiger charge is -2.27. The van der Waals surface area contributed by atoms with Gasteiger partial charge in [-0.2, -0.15) is 0 Å². The first-order valence-electron chi connectivity index (χ1n) is 9.27. The van der Waals surface area contributed by atoms with Gasteiger partial charge in [-0.1, -0.05) is 58.3 Å². The zero-order valence-electron chi connectivity index (χ0n) is 15.2. The lowest BCUT2D eigenvalue weighted by Crippen LogP contribution is -2.48. The van der Waals surface area contributed by atoms with Crippen LogP contribution in [0, 0.1) is 0 Å². The number of carbonyl (C=O) groups excluding carboxylic acids is 2. The second-order valence-corrected chi connectivity index (χ2v) is 6.40. The van der Waals surface area contributed by atoms with Crippen LogP contribution in [0.2, 0.25) is 0 Å². The lowest BCUT2D eigenvalue weighted by atomic mass is 10.0. The summed E-state index contributed by atoms with van der Waals surface area (Å²) in [6, 6.07) is 0. The Hall–Kier alpha value is -1.02. The van der Waals surface area contributed by atoms with Gasteiger partial charge in [-0.15, -0.1) is 0 Å². The van der Waals surface area contributed by atoms with Crippen LogP contribution < -0.4 is 0 Å². The topological polar surface area (TPSA) is 124 Å². The smallest absolute Gasteiger partial charge is 0.306 e. The predicted octanol–water partition coefficient (Wildman–Crippen LogP) is 1.09. The van der Waals surface area contributed by atoms with Crippen molar-refractivity contribution in [3.05, 3.63) is 0 Å². The first-order chi connectivity index (χ1) is 12.0. The van der Waals surface area contributed by atoms with Gasteiger partial charge in [-0.25, -0.2) is 0 Å². The van der Waals surface area contributed by atoms with Gasteiger partial charge in [0.15, 0.2) is 12.4 Å². The molecule has 0 aromatic carbocycles. The van der Waals surface area contributed by atoms with Crippen molar-refractivity contribution in [1.82, 2.24) is 0 Å². The molecule has 0 aromatic rings. The van der Waals surface area contributed by atoms with Crippen LogP contribution in [0.5, 0.6) is 0 Å². The summed E-state index contributed by atoms with van der Waals surface area (Å²) in [5.74, 6) is -0.655. The number of aliphatic hydroxyl groups excluding tert-OH is 4. The molecule has 148 valence electrons. The summed E-state index contributed by atoms with van der Waals surface area (Å²) in [7, 11) is 0. The molecule has 25 heavy (non-hydrogen) atoms. The Morgan fingerprint density at radius 2 is 1.48 bits per heavy atom. The zero-order valence-corrected chi connectivity index (χ0v) is 15.2. The molecule has 0 aliphatic carbocycles. The maximum Gasteiger partial charge on any atom is 0.306 e. The van der Waals surface area contributed by atoms with Gasteiger partial charge in [-0.05, 0) is 6.42 Å². The maximum absolute atomic E-state index is 11.8. The molecular weight excluding hydrogens is 328 g/mol. The third-order valence-electron chi connectivity index (χ3n) is 4.15. The van der Waals surface area contributed by atoms with E-state index < -0.39 is 37.0 Å². The van der Waals surface area contributed by atoms with Gasteiger partial charge in [-0.3, -0.25) is 4.79 Å². The fourth-order valence-corrected chi connectivity index (χ4v) is 2.54. The predicted molar refractivity (Wildman–Crippen MR) is 92.9 cm³/mol. The van der Waals surface area contributed by atoms with E-state index >= 15 is 0 Å². The Kier molecular flexibility index (Phi) is 14.6. The molecule has 4 N–H and O–H groups in total. The average Bonchev–Trinajstić information content (AvgIpc) is 2.62. The molecule has 0 rings (SSSR count). The second-order valence-electron chi connectivity index (χ2n) is 6.40. The molecule has 4 atom stereocenters. The first kappa shape index (κ1) is 24.0. The third kappa shape index (κ3) is 11.3. The molecular formula is C18H34O7. The van der Waals surface area contributed by atoms with Crippen molar-refractivity contribution in [3.63, 3.8) is 0 Å². The summed E-state index contributed by atoms with van der Waals surface area (Å²) >= 11 is 0. The normalized spacial score (nSPS) is 16.0. The summed E-state index contributed by atoms with van der Waals surface area (Å²) in [6.45, 7) is 1.40. The summed E-state index contributed by atoms with van der Waals surface area (Å²) in [5.41, 5.74) is 0. The molecule has 0 amide bonds. The molecule has 7 heteroatoms. The molecule has 0 aliphatic rings. The highest BCUT2D eigenvalue weighted by atomic mass is 16.6. The standard InChI is InChI=1S/C18H34O7/c1-2-3-4-5-6-7-8-9-10-11-16(23)25-18(15(22)13-20)17(24)14(21)12-19/h13-15,17-19,21-22,24H,2-12H2,1H3/t14-,15+,17-,18+/m1/s1. The quantitative estimate of drug-likeness (QED) is 0.184. The largest absolute Gasteiger partial charge is 0.456 e. The van der Waals surface area contributed by atoms with E-state index in [9.17, 15) is 24.9 Å². The molecule has 0 heterocycles. The van der Waals surface area contributed by atoms with Gasteiger partial charge in [0, 0.05) is 6.42 Å². The van der Waals surface area contributed by atoms with Crippen molar-refractivity contribution in [3.8, 4) is 0 Å². The number of hydrogen-bond donors (Lipinski definition) is 4. The van der Waals surface area contributed by atoms with Crippen molar-refractivity contribution >= 4 is 12.3 Å². The molecule has 0 fully saturated rings. The molecule has 0 saturated heterocycles. The van der Waals surface area contributed by atoms with E-state index in [2.05, 4.69) is 6.92 Å². The summed E-state index contributed by atoms with van der Waals surface area (Å²) in [5, 5.41) is 37.5. The maximum atomic E-state index is 11.8. The fraction of sp³-hybridized carbons (Fsp3) is 0.889. The molecule has 0 saturated carbocycles. The SMILES string of the molecule is CCCCCCCCCCCC(=O)O[C@H]([C@H](O)[C@H](O)CO)[C@@H](O)C=O. The van der Waals surface area contributed by atoms with Gasteiger partial charge in [0.2, 0.25) is 0 Å². The zero-order chi connectivity index (χ0) is 19.1. The highest BCUT2D eigenvalue weighted by Crippen LogP contribution is 2.13. The minimum Gasteiger partial charge on any atom is -0.456 e. The number of hydrogen-bond acceptors (Lipinski definition) is 7. The van der Waals surface area contributed by atoms with Gasteiger partial charge in [0.1, 0.15) is 18.3 Å². The minimum atomic E-state index is -1.76. The summed E-state index contributed by atoms with van der Waals surface area (Å²) < 4.78 is 4.92. The van der Waals surface area contributed by atoms with Crippen LogP contribution in [0.15, 0.2) is 0 Å². The van der Waals surface area contributed by atoms with Crippen LogP contribution in [0.4, 0.5) is 0 Å². The Morgan fingerprint density at radius 3 is 1.96 bits per heavy atom. The monoisotopic (exact) mass is 362 g/mol. The summed E-state index contributed by atoms with van der Waals surface area (Å²) in [6.07, 6.45) is 3.40.